The maximum absolute atomic E-state index is 12.2. The largest absolute Gasteiger partial charge is 0.363 e. The first-order valence-electron chi connectivity index (χ1n) is 9.32. The average Bonchev–Trinajstić information content (AvgIpc) is 2.68. The summed E-state index contributed by atoms with van der Waals surface area (Å²) < 4.78 is 0. The molecule has 2 aromatic rings. The van der Waals surface area contributed by atoms with E-state index in [1.54, 1.807) is 30.5 Å². The molecule has 0 unspecified atom stereocenters. The lowest BCUT2D eigenvalue weighted by Gasteiger charge is -2.29. The molecule has 1 aromatic carbocycles. The third-order valence-corrected chi connectivity index (χ3v) is 5.19. The average molecular weight is 388 g/mol. The molecule has 0 atom stereocenters. The number of nitrogens with one attached hydrogen (secondary N) is 2. The van der Waals surface area contributed by atoms with Gasteiger partial charge in [0, 0.05) is 43.5 Å². The number of rotatable bonds is 6. The molecule has 1 aromatic heterocycles. The van der Waals surface area contributed by atoms with Gasteiger partial charge in [-0.05, 0) is 61.9 Å². The molecule has 0 saturated heterocycles. The van der Waals surface area contributed by atoms with Crippen molar-refractivity contribution in [3.8, 4) is 0 Å². The number of aromatic nitrogens is 2. The summed E-state index contributed by atoms with van der Waals surface area (Å²) in [4.78, 5) is 23.0. The summed E-state index contributed by atoms with van der Waals surface area (Å²) in [5, 5.41) is 7.12. The number of amides is 1. The highest BCUT2D eigenvalue weighted by Gasteiger charge is 2.22. The summed E-state index contributed by atoms with van der Waals surface area (Å²) in [5.74, 6) is 2.04. The van der Waals surface area contributed by atoms with Crippen molar-refractivity contribution >= 4 is 29.3 Å². The minimum atomic E-state index is -0.0409. The van der Waals surface area contributed by atoms with Gasteiger partial charge in [-0.1, -0.05) is 11.6 Å². The van der Waals surface area contributed by atoms with Gasteiger partial charge in [-0.3, -0.25) is 4.79 Å². The number of benzene rings is 1. The first kappa shape index (κ1) is 19.4. The fraction of sp³-hybridized carbons (Fsp3) is 0.450. The van der Waals surface area contributed by atoms with Gasteiger partial charge in [0.25, 0.3) is 5.91 Å². The monoisotopic (exact) mass is 387 g/mol. The fourth-order valence-electron chi connectivity index (χ4n) is 3.30. The second-order valence-electron chi connectivity index (χ2n) is 7.21. The Morgan fingerprint density at radius 1 is 1.15 bits per heavy atom. The van der Waals surface area contributed by atoms with E-state index in [0.29, 0.717) is 35.0 Å². The summed E-state index contributed by atoms with van der Waals surface area (Å²) in [6.45, 7) is 0.709. The van der Waals surface area contributed by atoms with Gasteiger partial charge < -0.3 is 15.5 Å². The van der Waals surface area contributed by atoms with E-state index in [1.807, 2.05) is 25.1 Å². The van der Waals surface area contributed by atoms with Gasteiger partial charge in [-0.2, -0.15) is 4.98 Å². The fourth-order valence-corrected chi connectivity index (χ4v) is 3.43. The molecule has 0 bridgehead atoms. The lowest BCUT2D eigenvalue weighted by molar-refractivity contribution is 0.0943. The highest BCUT2D eigenvalue weighted by atomic mass is 35.5. The topological polar surface area (TPSA) is 70.2 Å². The van der Waals surface area contributed by atoms with Crippen LogP contribution in [0.1, 0.15) is 36.0 Å². The molecule has 2 N–H and O–H groups in total. The summed E-state index contributed by atoms with van der Waals surface area (Å²) >= 11 is 5.86. The zero-order valence-corrected chi connectivity index (χ0v) is 16.5. The zero-order chi connectivity index (χ0) is 19.2. The number of anilines is 2. The van der Waals surface area contributed by atoms with Crippen LogP contribution in [0.25, 0.3) is 0 Å². The van der Waals surface area contributed by atoms with E-state index in [9.17, 15) is 4.79 Å². The molecule has 1 aliphatic carbocycles. The Bertz CT molecular complexity index is 757. The molecule has 0 spiro atoms. The second-order valence-corrected chi connectivity index (χ2v) is 7.65. The van der Waals surface area contributed by atoms with Crippen molar-refractivity contribution in [3.63, 3.8) is 0 Å². The van der Waals surface area contributed by atoms with E-state index in [1.165, 1.54) is 0 Å². The van der Waals surface area contributed by atoms with E-state index < -0.39 is 0 Å². The molecule has 144 valence electrons. The molecule has 27 heavy (non-hydrogen) atoms. The van der Waals surface area contributed by atoms with E-state index >= 15 is 0 Å². The minimum absolute atomic E-state index is 0.0409. The van der Waals surface area contributed by atoms with E-state index in [4.69, 9.17) is 11.6 Å². The predicted molar refractivity (Wildman–Crippen MR) is 110 cm³/mol. The third kappa shape index (κ3) is 5.57. The smallest absolute Gasteiger partial charge is 0.251 e. The van der Waals surface area contributed by atoms with Crippen molar-refractivity contribution in [1.82, 2.24) is 15.3 Å². The lowest BCUT2D eigenvalue weighted by atomic mass is 9.86. The molecule has 1 aliphatic rings. The van der Waals surface area contributed by atoms with Gasteiger partial charge in [0.05, 0.1) is 0 Å². The van der Waals surface area contributed by atoms with Crippen LogP contribution in [0.5, 0.6) is 0 Å². The maximum atomic E-state index is 12.2. The molecular formula is C20H26ClN5O. The van der Waals surface area contributed by atoms with Crippen LogP contribution >= 0.6 is 11.6 Å². The number of halogens is 1. The minimum Gasteiger partial charge on any atom is -0.363 e. The van der Waals surface area contributed by atoms with Gasteiger partial charge in [-0.15, -0.1) is 0 Å². The molecule has 1 saturated carbocycles. The second kappa shape index (κ2) is 9.04. The van der Waals surface area contributed by atoms with Crippen LogP contribution in [0, 0.1) is 5.92 Å². The molecule has 1 fully saturated rings. The molecule has 1 amide bonds. The Morgan fingerprint density at radius 3 is 2.52 bits per heavy atom. The summed E-state index contributed by atoms with van der Waals surface area (Å²) in [6, 6.07) is 9.25. The molecule has 0 aliphatic heterocycles. The first-order chi connectivity index (χ1) is 13.0. The molecule has 7 heteroatoms. The van der Waals surface area contributed by atoms with Crippen molar-refractivity contribution in [2.45, 2.75) is 31.7 Å². The Balaban J connectivity index is 1.43. The highest BCUT2D eigenvalue weighted by molar-refractivity contribution is 6.30. The summed E-state index contributed by atoms with van der Waals surface area (Å²) in [7, 11) is 3.94. The number of hydrogen-bond donors (Lipinski definition) is 2. The molecule has 6 nitrogen and oxygen atoms in total. The van der Waals surface area contributed by atoms with Crippen molar-refractivity contribution < 1.29 is 4.79 Å². The number of carbonyl (C=O) groups is 1. The summed E-state index contributed by atoms with van der Waals surface area (Å²) in [6.07, 6.45) is 6.04. The van der Waals surface area contributed by atoms with Crippen LogP contribution in [0.3, 0.4) is 0 Å². The van der Waals surface area contributed by atoms with E-state index in [0.717, 1.165) is 31.5 Å². The van der Waals surface area contributed by atoms with Gasteiger partial charge in [0.2, 0.25) is 5.95 Å². The lowest BCUT2D eigenvalue weighted by Crippen LogP contribution is -2.34. The zero-order valence-electron chi connectivity index (χ0n) is 15.8. The van der Waals surface area contributed by atoms with Gasteiger partial charge in [0.1, 0.15) is 5.82 Å². The van der Waals surface area contributed by atoms with Crippen LogP contribution < -0.4 is 15.5 Å². The molecule has 1 heterocycles. The van der Waals surface area contributed by atoms with Gasteiger partial charge in [0.15, 0.2) is 0 Å². The van der Waals surface area contributed by atoms with Crippen LogP contribution in [-0.2, 0) is 0 Å². The van der Waals surface area contributed by atoms with Crippen LogP contribution in [0.4, 0.5) is 11.8 Å². The Kier molecular flexibility index (Phi) is 6.50. The quantitative estimate of drug-likeness (QED) is 0.792. The van der Waals surface area contributed by atoms with Gasteiger partial charge in [-0.25, -0.2) is 4.98 Å². The predicted octanol–water partition coefficient (Wildman–Crippen LogP) is 3.60. The van der Waals surface area contributed by atoms with Gasteiger partial charge >= 0.3 is 0 Å². The van der Waals surface area contributed by atoms with Crippen molar-refractivity contribution in [1.29, 1.82) is 0 Å². The van der Waals surface area contributed by atoms with Crippen molar-refractivity contribution in [2.75, 3.05) is 30.9 Å². The maximum Gasteiger partial charge on any atom is 0.251 e. The Labute approximate surface area is 165 Å². The number of carbonyl (C=O) groups excluding carboxylic acids is 1. The number of hydrogen-bond acceptors (Lipinski definition) is 5. The van der Waals surface area contributed by atoms with E-state index in [-0.39, 0.29) is 5.91 Å². The molecule has 3 rings (SSSR count). The summed E-state index contributed by atoms with van der Waals surface area (Å²) in [5.41, 5.74) is 0.646. The first-order valence-corrected chi connectivity index (χ1v) is 9.69. The molecule has 0 radical (unpaired) electrons. The SMILES string of the molecule is CN(C)c1ccnc(NC2CCC(CNC(=O)c3ccc(Cl)cc3)CC2)n1. The number of nitrogens with zero attached hydrogens (tertiary/aromatic N) is 3. The molecular weight excluding hydrogens is 362 g/mol. The third-order valence-electron chi connectivity index (χ3n) is 4.94. The van der Waals surface area contributed by atoms with Crippen molar-refractivity contribution in [2.24, 2.45) is 5.92 Å². The normalized spacial score (nSPS) is 19.4. The Morgan fingerprint density at radius 2 is 1.85 bits per heavy atom. The van der Waals surface area contributed by atoms with Crippen molar-refractivity contribution in [3.05, 3.63) is 47.1 Å². The van der Waals surface area contributed by atoms with Crippen LogP contribution in [0.2, 0.25) is 5.02 Å². The van der Waals surface area contributed by atoms with Crippen LogP contribution in [0.15, 0.2) is 36.5 Å². The van der Waals surface area contributed by atoms with Crippen LogP contribution in [-0.4, -0.2) is 42.6 Å². The highest BCUT2D eigenvalue weighted by Crippen LogP contribution is 2.26. The standard InChI is InChI=1S/C20H26ClN5O/c1-26(2)18-11-12-22-20(25-18)24-17-9-3-14(4-10-17)13-23-19(27)15-5-7-16(21)8-6-15/h5-8,11-12,14,17H,3-4,9-10,13H2,1-2H3,(H,23,27)(H,22,24,25). The van der Waals surface area contributed by atoms with E-state index in [2.05, 4.69) is 20.6 Å². The Hall–Kier alpha value is -2.34.